The number of rotatable bonds is 7. The number of aromatic nitrogens is 4. The van der Waals surface area contributed by atoms with Crippen LogP contribution in [0.1, 0.15) is 24.4 Å². The molecule has 124 valence electrons. The minimum absolute atomic E-state index is 0.153. The molecule has 0 radical (unpaired) electrons. The highest BCUT2D eigenvalue weighted by Crippen LogP contribution is 2.16. The Balaban J connectivity index is 2.22. The monoisotopic (exact) mass is 321 g/mol. The number of tetrazole rings is 1. The predicted octanol–water partition coefficient (Wildman–Crippen LogP) is 1.06. The van der Waals surface area contributed by atoms with E-state index >= 15 is 0 Å². The van der Waals surface area contributed by atoms with E-state index in [2.05, 4.69) is 20.8 Å². The zero-order chi connectivity index (χ0) is 16.8. The Hall–Kier alpha value is -2.35. The lowest BCUT2D eigenvalue weighted by atomic mass is 10.0. The van der Waals surface area contributed by atoms with Crippen LogP contribution in [0.2, 0.25) is 0 Å². The number of nitrogens with one attached hydrogen (secondary N) is 1. The normalized spacial score (nSPS) is 13.6. The van der Waals surface area contributed by atoms with E-state index in [0.717, 1.165) is 0 Å². The van der Waals surface area contributed by atoms with Gasteiger partial charge in [-0.1, -0.05) is 12.1 Å². The van der Waals surface area contributed by atoms with Gasteiger partial charge in [0.15, 0.2) is 0 Å². The summed E-state index contributed by atoms with van der Waals surface area (Å²) in [6, 6.07) is 5.33. The number of amides is 1. The Labute approximate surface area is 133 Å². The highest BCUT2D eigenvalue weighted by molar-refractivity contribution is 5.80. The number of ether oxygens (including phenoxy) is 1. The van der Waals surface area contributed by atoms with E-state index in [1.54, 1.807) is 26.2 Å². The smallest absolute Gasteiger partial charge is 0.245 e. The van der Waals surface area contributed by atoms with Gasteiger partial charge in [0.05, 0.1) is 6.61 Å². The largest absolute Gasteiger partial charge is 0.383 e. The molecule has 1 heterocycles. The highest BCUT2D eigenvalue weighted by Gasteiger charge is 2.25. The molecule has 0 bridgehead atoms. The number of benzene rings is 1. The number of aryl methyl sites for hydroxylation is 1. The summed E-state index contributed by atoms with van der Waals surface area (Å²) >= 11 is 0. The van der Waals surface area contributed by atoms with E-state index in [-0.39, 0.29) is 24.2 Å². The summed E-state index contributed by atoms with van der Waals surface area (Å²) in [5.74, 6) is -0.0713. The Morgan fingerprint density at radius 3 is 2.87 bits per heavy atom. The molecule has 0 fully saturated rings. The van der Waals surface area contributed by atoms with Crippen LogP contribution in [0.25, 0.3) is 0 Å². The van der Waals surface area contributed by atoms with Crippen LogP contribution in [-0.2, 0) is 16.0 Å². The average molecular weight is 321 g/mol. The van der Waals surface area contributed by atoms with Crippen LogP contribution in [-0.4, -0.2) is 45.9 Å². The molecule has 0 aliphatic heterocycles. The minimum Gasteiger partial charge on any atom is -0.383 e. The van der Waals surface area contributed by atoms with Crippen molar-refractivity contribution in [3.8, 4) is 0 Å². The van der Waals surface area contributed by atoms with Crippen molar-refractivity contribution in [2.75, 3.05) is 13.7 Å². The topological polar surface area (TPSA) is 81.9 Å². The maximum absolute atomic E-state index is 13.4. The first kappa shape index (κ1) is 17.0. The van der Waals surface area contributed by atoms with E-state index in [9.17, 15) is 9.18 Å². The van der Waals surface area contributed by atoms with Gasteiger partial charge >= 0.3 is 0 Å². The number of halogens is 1. The number of hydrogen-bond donors (Lipinski definition) is 1. The molecule has 1 amide bonds. The second kappa shape index (κ2) is 7.77. The Morgan fingerprint density at radius 2 is 2.26 bits per heavy atom. The van der Waals surface area contributed by atoms with Gasteiger partial charge < -0.3 is 10.1 Å². The van der Waals surface area contributed by atoms with Gasteiger partial charge in [0, 0.05) is 19.6 Å². The van der Waals surface area contributed by atoms with E-state index < -0.39 is 6.04 Å². The fourth-order valence-electron chi connectivity index (χ4n) is 2.33. The SMILES string of the molecule is COC[C@H](C)NC(=O)[C@H](Cc1cccc(F)c1)n1nnnc1C. The number of carbonyl (C=O) groups is 1. The second-order valence-electron chi connectivity index (χ2n) is 5.39. The molecule has 8 heteroatoms. The first-order valence-corrected chi connectivity index (χ1v) is 7.29. The van der Waals surface area contributed by atoms with Gasteiger partial charge in [-0.05, 0) is 42.0 Å². The predicted molar refractivity (Wildman–Crippen MR) is 81.2 cm³/mol. The molecule has 2 rings (SSSR count). The van der Waals surface area contributed by atoms with Gasteiger partial charge in [-0.25, -0.2) is 9.07 Å². The molecule has 1 aromatic heterocycles. The van der Waals surface area contributed by atoms with Crippen molar-refractivity contribution in [1.82, 2.24) is 25.5 Å². The first-order valence-electron chi connectivity index (χ1n) is 7.29. The van der Waals surface area contributed by atoms with Crippen LogP contribution in [0.5, 0.6) is 0 Å². The lowest BCUT2D eigenvalue weighted by Gasteiger charge is -2.20. The zero-order valence-corrected chi connectivity index (χ0v) is 13.4. The number of methoxy groups -OCH3 is 1. The molecule has 0 saturated carbocycles. The van der Waals surface area contributed by atoms with Crippen LogP contribution in [0, 0.1) is 12.7 Å². The van der Waals surface area contributed by atoms with Crippen LogP contribution in [0.15, 0.2) is 24.3 Å². The third-order valence-electron chi connectivity index (χ3n) is 3.38. The maximum atomic E-state index is 13.4. The number of hydrogen-bond acceptors (Lipinski definition) is 5. The van der Waals surface area contributed by atoms with Gasteiger partial charge in [-0.15, -0.1) is 5.10 Å². The summed E-state index contributed by atoms with van der Waals surface area (Å²) in [6.45, 7) is 3.95. The van der Waals surface area contributed by atoms with Crippen LogP contribution >= 0.6 is 0 Å². The fraction of sp³-hybridized carbons (Fsp3) is 0.467. The third-order valence-corrected chi connectivity index (χ3v) is 3.38. The summed E-state index contributed by atoms with van der Waals surface area (Å²) in [4.78, 5) is 12.6. The summed E-state index contributed by atoms with van der Waals surface area (Å²) < 4.78 is 19.9. The second-order valence-corrected chi connectivity index (χ2v) is 5.39. The first-order chi connectivity index (χ1) is 11.0. The molecule has 0 aliphatic rings. The summed E-state index contributed by atoms with van der Waals surface area (Å²) in [5, 5.41) is 14.1. The van der Waals surface area contributed by atoms with Gasteiger partial charge in [-0.3, -0.25) is 4.79 Å². The van der Waals surface area contributed by atoms with Crippen LogP contribution in [0.4, 0.5) is 4.39 Å². The molecule has 23 heavy (non-hydrogen) atoms. The zero-order valence-electron chi connectivity index (χ0n) is 13.4. The van der Waals surface area contributed by atoms with E-state index in [4.69, 9.17) is 4.74 Å². The molecular weight excluding hydrogens is 301 g/mol. The van der Waals surface area contributed by atoms with E-state index in [1.165, 1.54) is 16.8 Å². The van der Waals surface area contributed by atoms with Gasteiger partial charge in [0.25, 0.3) is 0 Å². The fourth-order valence-corrected chi connectivity index (χ4v) is 2.33. The van der Waals surface area contributed by atoms with Gasteiger partial charge in [0.1, 0.15) is 17.7 Å². The summed E-state index contributed by atoms with van der Waals surface area (Å²) in [6.07, 6.45) is 0.287. The van der Waals surface area contributed by atoms with Crippen molar-refractivity contribution in [3.05, 3.63) is 41.5 Å². The Morgan fingerprint density at radius 1 is 1.48 bits per heavy atom. The molecule has 0 unspecified atom stereocenters. The molecule has 2 atom stereocenters. The molecular formula is C15H20FN5O2. The third kappa shape index (κ3) is 4.56. The minimum atomic E-state index is -0.661. The van der Waals surface area contributed by atoms with Gasteiger partial charge in [0.2, 0.25) is 5.91 Å². The highest BCUT2D eigenvalue weighted by atomic mass is 19.1. The van der Waals surface area contributed by atoms with Crippen LogP contribution < -0.4 is 5.32 Å². The van der Waals surface area contributed by atoms with Gasteiger partial charge in [-0.2, -0.15) is 0 Å². The van der Waals surface area contributed by atoms with E-state index in [0.29, 0.717) is 18.0 Å². The molecule has 0 aliphatic carbocycles. The molecule has 1 N–H and O–H groups in total. The average Bonchev–Trinajstić information content (AvgIpc) is 2.91. The number of nitrogens with zero attached hydrogens (tertiary/aromatic N) is 4. The number of carbonyl (C=O) groups excluding carboxylic acids is 1. The Kier molecular flexibility index (Phi) is 5.75. The van der Waals surface area contributed by atoms with Crippen molar-refractivity contribution in [2.45, 2.75) is 32.4 Å². The molecule has 7 nitrogen and oxygen atoms in total. The van der Waals surface area contributed by atoms with Crippen molar-refractivity contribution >= 4 is 5.91 Å². The molecule has 0 spiro atoms. The molecule has 2 aromatic rings. The molecule has 0 saturated heterocycles. The van der Waals surface area contributed by atoms with Crippen molar-refractivity contribution in [2.24, 2.45) is 0 Å². The quantitative estimate of drug-likeness (QED) is 0.824. The summed E-state index contributed by atoms with van der Waals surface area (Å²) in [7, 11) is 1.57. The van der Waals surface area contributed by atoms with Crippen molar-refractivity contribution in [1.29, 1.82) is 0 Å². The lowest BCUT2D eigenvalue weighted by Crippen LogP contribution is -2.41. The maximum Gasteiger partial charge on any atom is 0.245 e. The van der Waals surface area contributed by atoms with E-state index in [1.807, 2.05) is 6.92 Å². The standard InChI is InChI=1S/C15H20FN5O2/c1-10(9-23-3)17-15(22)14(21-11(2)18-19-20-21)8-12-5-4-6-13(16)7-12/h4-7,10,14H,8-9H2,1-3H3,(H,17,22)/t10-,14-/m0/s1. The summed E-state index contributed by atoms with van der Waals surface area (Å²) in [5.41, 5.74) is 0.694. The molecule has 1 aromatic carbocycles. The Bertz CT molecular complexity index is 661. The van der Waals surface area contributed by atoms with Crippen molar-refractivity contribution < 1.29 is 13.9 Å². The van der Waals surface area contributed by atoms with Crippen molar-refractivity contribution in [3.63, 3.8) is 0 Å². The van der Waals surface area contributed by atoms with Crippen LogP contribution in [0.3, 0.4) is 0 Å². The lowest BCUT2D eigenvalue weighted by molar-refractivity contribution is -0.125.